The lowest BCUT2D eigenvalue weighted by molar-refractivity contribution is 0.607. The lowest BCUT2D eigenvalue weighted by Crippen LogP contribution is -2.18. The van der Waals surface area contributed by atoms with Crippen LogP contribution in [0.25, 0.3) is 0 Å². The molecule has 0 radical (unpaired) electrons. The van der Waals surface area contributed by atoms with Crippen molar-refractivity contribution in [3.63, 3.8) is 0 Å². The molecule has 1 saturated heterocycles. The van der Waals surface area contributed by atoms with Crippen LogP contribution in [0.2, 0.25) is 0 Å². The largest absolute Gasteiger partial charge is 0.372 e. The average Bonchev–Trinajstić information content (AvgIpc) is 2.72. The second-order valence-electron chi connectivity index (χ2n) is 4.57. The predicted octanol–water partition coefficient (Wildman–Crippen LogP) is 1.97. The van der Waals surface area contributed by atoms with E-state index >= 15 is 0 Å². The number of benzene rings is 1. The number of hydrogen-bond acceptors (Lipinski definition) is 3. The summed E-state index contributed by atoms with van der Waals surface area (Å²) in [5.41, 5.74) is 2.80. The highest BCUT2D eigenvalue weighted by Crippen LogP contribution is 2.25. The molecule has 1 heterocycles. The number of rotatable bonds is 3. The lowest BCUT2D eigenvalue weighted by atomic mass is 10.2. The van der Waals surface area contributed by atoms with E-state index in [0.29, 0.717) is 5.69 Å². The van der Waals surface area contributed by atoms with Crippen LogP contribution in [0, 0.1) is 6.92 Å². The van der Waals surface area contributed by atoms with Gasteiger partial charge in [-0.25, -0.2) is 8.42 Å². The highest BCUT2D eigenvalue weighted by atomic mass is 32.2. The third-order valence-corrected chi connectivity index (χ3v) is 3.57. The Kier molecular flexibility index (Phi) is 3.28. The molecule has 1 N–H and O–H groups in total. The molecule has 0 amide bonds. The molecule has 0 saturated carbocycles. The van der Waals surface area contributed by atoms with Crippen LogP contribution in [0.4, 0.5) is 11.4 Å². The van der Waals surface area contributed by atoms with E-state index in [4.69, 9.17) is 0 Å². The Bertz CT molecular complexity index is 505. The molecule has 4 nitrogen and oxygen atoms in total. The van der Waals surface area contributed by atoms with Crippen LogP contribution < -0.4 is 9.62 Å². The van der Waals surface area contributed by atoms with Crippen molar-refractivity contribution < 1.29 is 8.42 Å². The number of anilines is 2. The van der Waals surface area contributed by atoms with E-state index in [1.165, 1.54) is 24.8 Å². The third kappa shape index (κ3) is 3.12. The second kappa shape index (κ2) is 4.56. The molecule has 94 valence electrons. The van der Waals surface area contributed by atoms with Gasteiger partial charge in [0.2, 0.25) is 10.0 Å². The number of aryl methyl sites for hydroxylation is 1. The van der Waals surface area contributed by atoms with Crippen LogP contribution in [0.3, 0.4) is 0 Å². The van der Waals surface area contributed by atoms with Crippen LogP contribution in [0.15, 0.2) is 18.2 Å². The maximum Gasteiger partial charge on any atom is 0.229 e. The van der Waals surface area contributed by atoms with Gasteiger partial charge in [-0.05, 0) is 43.5 Å². The summed E-state index contributed by atoms with van der Waals surface area (Å²) in [5, 5.41) is 0. The fraction of sp³-hybridized carbons (Fsp3) is 0.500. The molecule has 1 aliphatic heterocycles. The summed E-state index contributed by atoms with van der Waals surface area (Å²) in [5.74, 6) is 0. The zero-order valence-corrected chi connectivity index (χ0v) is 11.0. The first-order valence-corrected chi connectivity index (χ1v) is 7.68. The van der Waals surface area contributed by atoms with Crippen LogP contribution >= 0.6 is 0 Å². The van der Waals surface area contributed by atoms with E-state index in [1.54, 1.807) is 0 Å². The van der Waals surface area contributed by atoms with Crippen molar-refractivity contribution >= 4 is 21.4 Å². The summed E-state index contributed by atoms with van der Waals surface area (Å²) < 4.78 is 24.9. The molecule has 0 bridgehead atoms. The molecule has 0 unspecified atom stereocenters. The third-order valence-electron chi connectivity index (χ3n) is 2.98. The van der Waals surface area contributed by atoms with E-state index < -0.39 is 10.0 Å². The smallest absolute Gasteiger partial charge is 0.229 e. The first kappa shape index (κ1) is 12.2. The summed E-state index contributed by atoms with van der Waals surface area (Å²) in [6.07, 6.45) is 3.64. The van der Waals surface area contributed by atoms with Gasteiger partial charge in [0, 0.05) is 18.8 Å². The average molecular weight is 254 g/mol. The molecular weight excluding hydrogens is 236 g/mol. The number of nitrogens with zero attached hydrogens (tertiary/aromatic N) is 1. The van der Waals surface area contributed by atoms with Crippen LogP contribution in [0.1, 0.15) is 18.4 Å². The van der Waals surface area contributed by atoms with Gasteiger partial charge in [0.1, 0.15) is 0 Å². The standard InChI is InChI=1S/C12H18N2O2S/c1-10-9-11(14-7-3-4-8-14)5-6-12(10)13-17(2,15)16/h5-6,9,13H,3-4,7-8H2,1-2H3. The molecule has 0 aliphatic carbocycles. The molecule has 5 heteroatoms. The lowest BCUT2D eigenvalue weighted by Gasteiger charge is -2.19. The Labute approximate surface area is 103 Å². The van der Waals surface area contributed by atoms with Crippen LogP contribution in [0.5, 0.6) is 0 Å². The summed E-state index contributed by atoms with van der Waals surface area (Å²) in [6, 6.07) is 5.86. The van der Waals surface area contributed by atoms with E-state index in [0.717, 1.165) is 18.7 Å². The Morgan fingerprint density at radius 2 is 1.88 bits per heavy atom. The van der Waals surface area contributed by atoms with Gasteiger partial charge in [0.25, 0.3) is 0 Å². The first-order chi connectivity index (χ1) is 7.96. The van der Waals surface area contributed by atoms with E-state index in [-0.39, 0.29) is 0 Å². The van der Waals surface area contributed by atoms with Crippen molar-refractivity contribution in [1.29, 1.82) is 0 Å². The SMILES string of the molecule is Cc1cc(N2CCCC2)ccc1NS(C)(=O)=O. The van der Waals surface area contributed by atoms with E-state index in [9.17, 15) is 8.42 Å². The molecule has 1 fully saturated rings. The Balaban J connectivity index is 2.22. The van der Waals surface area contributed by atoms with Crippen molar-refractivity contribution in [3.05, 3.63) is 23.8 Å². The Morgan fingerprint density at radius 3 is 2.41 bits per heavy atom. The minimum atomic E-state index is -3.20. The normalized spacial score (nSPS) is 16.2. The van der Waals surface area contributed by atoms with Crippen molar-refractivity contribution in [2.75, 3.05) is 29.0 Å². The summed E-state index contributed by atoms with van der Waals surface area (Å²) in [4.78, 5) is 2.33. The first-order valence-electron chi connectivity index (χ1n) is 5.79. The molecule has 1 aliphatic rings. The van der Waals surface area contributed by atoms with Crippen molar-refractivity contribution in [1.82, 2.24) is 0 Å². The Morgan fingerprint density at radius 1 is 1.24 bits per heavy atom. The zero-order chi connectivity index (χ0) is 12.5. The molecule has 0 aromatic heterocycles. The van der Waals surface area contributed by atoms with Crippen LogP contribution in [-0.4, -0.2) is 27.8 Å². The number of sulfonamides is 1. The quantitative estimate of drug-likeness (QED) is 0.897. The van der Waals surface area contributed by atoms with Gasteiger partial charge >= 0.3 is 0 Å². The van der Waals surface area contributed by atoms with Gasteiger partial charge < -0.3 is 4.90 Å². The van der Waals surface area contributed by atoms with Gasteiger partial charge in [0.15, 0.2) is 0 Å². The van der Waals surface area contributed by atoms with Gasteiger partial charge in [-0.1, -0.05) is 0 Å². The molecule has 17 heavy (non-hydrogen) atoms. The molecule has 1 aromatic carbocycles. The van der Waals surface area contributed by atoms with Crippen molar-refractivity contribution in [3.8, 4) is 0 Å². The molecular formula is C12H18N2O2S. The zero-order valence-electron chi connectivity index (χ0n) is 10.2. The molecule has 1 aromatic rings. The summed E-state index contributed by atoms with van der Waals surface area (Å²) >= 11 is 0. The number of nitrogens with one attached hydrogen (secondary N) is 1. The minimum absolute atomic E-state index is 0.662. The maximum absolute atomic E-state index is 11.2. The van der Waals surface area contributed by atoms with Crippen LogP contribution in [-0.2, 0) is 10.0 Å². The second-order valence-corrected chi connectivity index (χ2v) is 6.32. The highest BCUT2D eigenvalue weighted by Gasteiger charge is 2.13. The van der Waals surface area contributed by atoms with E-state index in [1.807, 2.05) is 25.1 Å². The maximum atomic E-state index is 11.2. The van der Waals surface area contributed by atoms with Gasteiger partial charge in [-0.2, -0.15) is 0 Å². The monoisotopic (exact) mass is 254 g/mol. The molecule has 0 atom stereocenters. The fourth-order valence-corrected chi connectivity index (χ4v) is 2.76. The van der Waals surface area contributed by atoms with Gasteiger partial charge in [0.05, 0.1) is 11.9 Å². The predicted molar refractivity (Wildman–Crippen MR) is 71.1 cm³/mol. The number of hydrogen-bond donors (Lipinski definition) is 1. The minimum Gasteiger partial charge on any atom is -0.372 e. The highest BCUT2D eigenvalue weighted by molar-refractivity contribution is 7.92. The van der Waals surface area contributed by atoms with Gasteiger partial charge in [-0.3, -0.25) is 4.72 Å². The Hall–Kier alpha value is -1.23. The van der Waals surface area contributed by atoms with Crippen molar-refractivity contribution in [2.24, 2.45) is 0 Å². The molecule has 2 rings (SSSR count). The fourth-order valence-electron chi connectivity index (χ4n) is 2.13. The summed E-state index contributed by atoms with van der Waals surface area (Å²) in [6.45, 7) is 4.11. The van der Waals surface area contributed by atoms with Gasteiger partial charge in [-0.15, -0.1) is 0 Å². The topological polar surface area (TPSA) is 49.4 Å². The van der Waals surface area contributed by atoms with E-state index in [2.05, 4.69) is 9.62 Å². The summed E-state index contributed by atoms with van der Waals surface area (Å²) in [7, 11) is -3.20. The van der Waals surface area contributed by atoms with Crippen molar-refractivity contribution in [2.45, 2.75) is 19.8 Å². The molecule has 0 spiro atoms.